The number of rotatable bonds is 0. The zero-order valence-corrected chi connectivity index (χ0v) is 14.6. The first kappa shape index (κ1) is 14.3. The number of aryl methyl sites for hydroxylation is 1. The van der Waals surface area contributed by atoms with Crippen molar-refractivity contribution in [1.29, 1.82) is 0 Å². The average Bonchev–Trinajstić information content (AvgIpc) is 2.64. The highest BCUT2D eigenvalue weighted by molar-refractivity contribution is 6.23. The molecule has 3 aromatic carbocycles. The summed E-state index contributed by atoms with van der Waals surface area (Å²) in [6.45, 7) is 0. The van der Waals surface area contributed by atoms with Gasteiger partial charge in [0, 0.05) is 35.3 Å². The lowest BCUT2D eigenvalue weighted by atomic mass is 10.0. The van der Waals surface area contributed by atoms with Gasteiger partial charge in [-0.1, -0.05) is 24.3 Å². The van der Waals surface area contributed by atoms with Gasteiger partial charge in [0.1, 0.15) is 25.3 Å². The molecule has 5 rings (SSSR count). The summed E-state index contributed by atoms with van der Waals surface area (Å²) in [4.78, 5) is 0. The second kappa shape index (κ2) is 4.96. The van der Waals surface area contributed by atoms with Crippen molar-refractivity contribution in [2.75, 3.05) is 14.1 Å². The molecule has 0 saturated carbocycles. The first-order valence-electron chi connectivity index (χ1n) is 8.48. The maximum Gasteiger partial charge on any atom is 0.201 e. The number of para-hydroxylation sites is 1. The molecule has 0 unspecified atom stereocenters. The monoisotopic (exact) mass is 327 g/mol. The van der Waals surface area contributed by atoms with Gasteiger partial charge in [0.15, 0.2) is 0 Å². The van der Waals surface area contributed by atoms with Crippen LogP contribution in [-0.4, -0.2) is 18.7 Å². The summed E-state index contributed by atoms with van der Waals surface area (Å²) >= 11 is 0. The lowest BCUT2D eigenvalue weighted by Gasteiger charge is -2.16. The van der Waals surface area contributed by atoms with Gasteiger partial charge < -0.3 is 8.98 Å². The Morgan fingerprint density at radius 3 is 2.40 bits per heavy atom. The van der Waals surface area contributed by atoms with E-state index in [2.05, 4.69) is 78.8 Å². The lowest BCUT2D eigenvalue weighted by Crippen LogP contribution is -2.21. The highest BCUT2D eigenvalue weighted by atomic mass is 16.3. The molecule has 0 radical (unpaired) electrons. The van der Waals surface area contributed by atoms with Gasteiger partial charge >= 0.3 is 0 Å². The Balaban J connectivity index is 2.19. The molecule has 0 aliphatic heterocycles. The van der Waals surface area contributed by atoms with Crippen molar-refractivity contribution in [2.24, 2.45) is 7.05 Å². The van der Waals surface area contributed by atoms with Gasteiger partial charge in [-0.25, -0.2) is 4.58 Å². The summed E-state index contributed by atoms with van der Waals surface area (Å²) in [5, 5.41) is 6.02. The van der Waals surface area contributed by atoms with Crippen molar-refractivity contribution in [3.8, 4) is 0 Å². The molecule has 122 valence electrons. The third kappa shape index (κ3) is 1.89. The Labute approximate surface area is 145 Å². The number of aromatic nitrogens is 1. The topological polar surface area (TPSA) is 21.1 Å². The molecule has 5 aromatic rings. The molecule has 25 heavy (non-hydrogen) atoms. The van der Waals surface area contributed by atoms with Crippen molar-refractivity contribution < 1.29 is 4.42 Å². The first-order valence-corrected chi connectivity index (χ1v) is 8.48. The smallest absolute Gasteiger partial charge is 0.201 e. The Morgan fingerprint density at radius 2 is 1.56 bits per heavy atom. The van der Waals surface area contributed by atoms with Crippen molar-refractivity contribution in [3.05, 3.63) is 66.0 Å². The van der Waals surface area contributed by atoms with E-state index in [4.69, 9.17) is 4.42 Å². The fourth-order valence-corrected chi connectivity index (χ4v) is 3.86. The van der Waals surface area contributed by atoms with Crippen LogP contribution < -0.4 is 9.93 Å². The molecule has 3 nitrogen and oxygen atoms in total. The number of benzene rings is 3. The van der Waals surface area contributed by atoms with E-state index in [9.17, 15) is 0 Å². The molecule has 0 fully saturated rings. The van der Waals surface area contributed by atoms with Crippen molar-refractivity contribution in [1.82, 2.24) is 9.14 Å². The highest BCUT2D eigenvalue weighted by Gasteiger charge is 2.15. The minimum Gasteiger partial charge on any atom is -0.456 e. The van der Waals surface area contributed by atoms with Gasteiger partial charge in [0.2, 0.25) is 5.36 Å². The van der Waals surface area contributed by atoms with Crippen molar-refractivity contribution in [3.63, 3.8) is 0 Å². The van der Waals surface area contributed by atoms with Crippen molar-refractivity contribution >= 4 is 43.7 Å². The van der Waals surface area contributed by atoms with E-state index in [1.54, 1.807) is 0 Å². The van der Waals surface area contributed by atoms with Gasteiger partial charge in [0.05, 0.1) is 11.0 Å². The van der Waals surface area contributed by atoms with E-state index in [1.807, 2.05) is 12.1 Å². The van der Waals surface area contributed by atoms with E-state index in [0.717, 1.165) is 16.6 Å². The number of fused-ring (bicyclic) bond motifs is 4. The van der Waals surface area contributed by atoms with Gasteiger partial charge in [-0.3, -0.25) is 0 Å². The third-order valence-corrected chi connectivity index (χ3v) is 5.11. The first-order chi connectivity index (χ1) is 12.1. The SMILES string of the molecule is Cn1c2cc(=[N+](C)C)ccc2c2cccc3oc4ccccc4c1c32. The zero-order chi connectivity index (χ0) is 17.1. The summed E-state index contributed by atoms with van der Waals surface area (Å²) in [5.74, 6) is 0. The Bertz CT molecular complexity index is 1370. The molecule has 0 atom stereocenters. The van der Waals surface area contributed by atoms with E-state index in [1.165, 1.54) is 32.5 Å². The molecule has 0 bridgehead atoms. The number of pyridine rings is 1. The van der Waals surface area contributed by atoms with Gasteiger partial charge in [0.25, 0.3) is 0 Å². The number of hydrogen-bond acceptors (Lipinski definition) is 1. The molecule has 3 heteroatoms. The van der Waals surface area contributed by atoms with E-state index >= 15 is 0 Å². The second-order valence-electron chi connectivity index (χ2n) is 6.78. The number of nitrogens with zero attached hydrogens (tertiary/aromatic N) is 2. The molecular weight excluding hydrogens is 308 g/mol. The van der Waals surface area contributed by atoms with Crippen LogP contribution >= 0.6 is 0 Å². The molecular formula is C22H19N2O+. The molecule has 0 aliphatic carbocycles. The third-order valence-electron chi connectivity index (χ3n) is 5.11. The van der Waals surface area contributed by atoms with Crippen LogP contribution in [0.25, 0.3) is 43.7 Å². The molecule has 2 heterocycles. The predicted molar refractivity (Wildman–Crippen MR) is 105 cm³/mol. The van der Waals surface area contributed by atoms with Gasteiger partial charge in [-0.2, -0.15) is 0 Å². The van der Waals surface area contributed by atoms with Gasteiger partial charge in [-0.05, 0) is 29.7 Å². The summed E-state index contributed by atoms with van der Waals surface area (Å²) in [5.41, 5.74) is 4.29. The van der Waals surface area contributed by atoms with Gasteiger partial charge in [-0.15, -0.1) is 0 Å². The van der Waals surface area contributed by atoms with Crippen LogP contribution in [0.2, 0.25) is 0 Å². The standard InChI is InChI=1S/C22H19N2O/c1-23(2)14-11-12-15-16-8-6-10-20-21(16)22(24(3)18(15)13-14)17-7-4-5-9-19(17)25-20/h4-13H,1-3H3/q+1. The Morgan fingerprint density at radius 1 is 0.800 bits per heavy atom. The van der Waals surface area contributed by atoms with E-state index in [-0.39, 0.29) is 0 Å². The maximum absolute atomic E-state index is 6.19. The van der Waals surface area contributed by atoms with Crippen LogP contribution in [0.1, 0.15) is 0 Å². The minimum atomic E-state index is 0.918. The highest BCUT2D eigenvalue weighted by Crippen LogP contribution is 2.36. The fourth-order valence-electron chi connectivity index (χ4n) is 3.86. The largest absolute Gasteiger partial charge is 0.456 e. The Hall–Kier alpha value is -3.07. The average molecular weight is 327 g/mol. The molecule has 0 spiro atoms. The van der Waals surface area contributed by atoms with Crippen LogP contribution in [-0.2, 0) is 7.05 Å². The quantitative estimate of drug-likeness (QED) is 0.236. The van der Waals surface area contributed by atoms with Crippen LogP contribution in [0.3, 0.4) is 0 Å². The fraction of sp³-hybridized carbons (Fsp3) is 0.136. The molecule has 2 aromatic heterocycles. The lowest BCUT2D eigenvalue weighted by molar-refractivity contribution is 0.661. The molecule has 0 amide bonds. The van der Waals surface area contributed by atoms with E-state index < -0.39 is 0 Å². The van der Waals surface area contributed by atoms with E-state index in [0.29, 0.717) is 0 Å². The predicted octanol–water partition coefficient (Wildman–Crippen LogP) is 4.26. The summed E-state index contributed by atoms with van der Waals surface area (Å²) in [6, 6.07) is 21.3. The zero-order valence-electron chi connectivity index (χ0n) is 14.6. The maximum atomic E-state index is 6.19. The molecule has 0 saturated heterocycles. The van der Waals surface area contributed by atoms with Crippen LogP contribution in [0, 0.1) is 0 Å². The molecule has 0 aliphatic rings. The van der Waals surface area contributed by atoms with Crippen molar-refractivity contribution in [2.45, 2.75) is 0 Å². The normalized spacial score (nSPS) is 11.8. The van der Waals surface area contributed by atoms with Crippen LogP contribution in [0.4, 0.5) is 0 Å². The summed E-state index contributed by atoms with van der Waals surface area (Å²) in [6.07, 6.45) is 0. The summed E-state index contributed by atoms with van der Waals surface area (Å²) < 4.78 is 10.6. The summed E-state index contributed by atoms with van der Waals surface area (Å²) in [7, 11) is 6.30. The number of hydrogen-bond donors (Lipinski definition) is 0. The van der Waals surface area contributed by atoms with Crippen LogP contribution in [0.5, 0.6) is 0 Å². The molecule has 0 N–H and O–H groups in total. The minimum absolute atomic E-state index is 0.918. The van der Waals surface area contributed by atoms with Crippen LogP contribution in [0.15, 0.2) is 65.1 Å². The Kier molecular flexibility index (Phi) is 2.84. The second-order valence-corrected chi connectivity index (χ2v) is 6.78.